The van der Waals surface area contributed by atoms with Crippen molar-refractivity contribution < 1.29 is 0 Å². The summed E-state index contributed by atoms with van der Waals surface area (Å²) < 4.78 is 0. The first-order valence-corrected chi connectivity index (χ1v) is 6.94. The van der Waals surface area contributed by atoms with Gasteiger partial charge in [-0.15, -0.1) is 11.3 Å². The largest absolute Gasteiger partial charge is 0.305 e. The number of aromatic nitrogens is 1. The number of rotatable bonds is 5. The molecule has 1 N–H and O–H groups in total. The third-order valence-electron chi connectivity index (χ3n) is 2.83. The van der Waals surface area contributed by atoms with Crippen molar-refractivity contribution in [3.63, 3.8) is 0 Å². The summed E-state index contributed by atoms with van der Waals surface area (Å²) >= 11 is 1.70. The minimum Gasteiger partial charge on any atom is -0.305 e. The highest BCUT2D eigenvalue weighted by atomic mass is 32.1. The van der Waals surface area contributed by atoms with E-state index in [-0.39, 0.29) is 6.04 Å². The Hall–Kier alpha value is -1.19. The molecule has 0 bridgehead atoms. The van der Waals surface area contributed by atoms with E-state index in [0.717, 1.165) is 18.0 Å². The van der Waals surface area contributed by atoms with Crippen LogP contribution in [-0.2, 0) is 6.42 Å². The van der Waals surface area contributed by atoms with Crippen molar-refractivity contribution in [2.75, 3.05) is 6.54 Å². The van der Waals surface area contributed by atoms with E-state index in [0.29, 0.717) is 0 Å². The average molecular weight is 246 g/mol. The lowest BCUT2D eigenvalue weighted by Gasteiger charge is -2.16. The number of thiazole rings is 1. The third-order valence-corrected chi connectivity index (χ3v) is 3.67. The van der Waals surface area contributed by atoms with Crippen molar-refractivity contribution in [3.05, 3.63) is 52.0 Å². The lowest BCUT2D eigenvalue weighted by atomic mass is 10.0. The lowest BCUT2D eigenvalue weighted by molar-refractivity contribution is 0.627. The van der Waals surface area contributed by atoms with Gasteiger partial charge in [0.05, 0.1) is 6.04 Å². The van der Waals surface area contributed by atoms with Crippen LogP contribution in [0.4, 0.5) is 0 Å². The van der Waals surface area contributed by atoms with Crippen molar-refractivity contribution in [1.82, 2.24) is 10.3 Å². The Morgan fingerprint density at radius 1 is 1.24 bits per heavy atom. The summed E-state index contributed by atoms with van der Waals surface area (Å²) in [5, 5.41) is 6.65. The molecule has 1 heterocycles. The maximum atomic E-state index is 4.41. The minimum absolute atomic E-state index is 0.228. The van der Waals surface area contributed by atoms with Crippen LogP contribution in [0.3, 0.4) is 0 Å². The predicted molar refractivity (Wildman–Crippen MR) is 73.5 cm³/mol. The van der Waals surface area contributed by atoms with Crippen LogP contribution in [-0.4, -0.2) is 11.5 Å². The molecule has 0 saturated carbocycles. The quantitative estimate of drug-likeness (QED) is 0.874. The Morgan fingerprint density at radius 3 is 2.53 bits per heavy atom. The summed E-state index contributed by atoms with van der Waals surface area (Å²) in [6.07, 6.45) is 2.95. The second kappa shape index (κ2) is 5.94. The van der Waals surface area contributed by atoms with Crippen LogP contribution in [0, 0.1) is 0 Å². The van der Waals surface area contributed by atoms with E-state index in [2.05, 4.69) is 48.4 Å². The van der Waals surface area contributed by atoms with Gasteiger partial charge in [-0.1, -0.05) is 38.1 Å². The van der Waals surface area contributed by atoms with Crippen LogP contribution in [0.25, 0.3) is 0 Å². The molecular formula is C14H18N2S. The highest BCUT2D eigenvalue weighted by Crippen LogP contribution is 2.24. The van der Waals surface area contributed by atoms with E-state index in [9.17, 15) is 0 Å². The Balaban J connectivity index is 2.26. The van der Waals surface area contributed by atoms with Gasteiger partial charge in [-0.05, 0) is 24.1 Å². The molecule has 1 aromatic carbocycles. The highest BCUT2D eigenvalue weighted by Gasteiger charge is 2.14. The molecule has 0 saturated heterocycles. The van der Waals surface area contributed by atoms with Crippen molar-refractivity contribution in [1.29, 1.82) is 0 Å². The second-order valence-corrected chi connectivity index (χ2v) is 4.88. The van der Waals surface area contributed by atoms with Gasteiger partial charge >= 0.3 is 0 Å². The first-order chi connectivity index (χ1) is 8.35. The van der Waals surface area contributed by atoms with Gasteiger partial charge in [-0.3, -0.25) is 0 Å². The van der Waals surface area contributed by atoms with E-state index in [1.165, 1.54) is 11.1 Å². The van der Waals surface area contributed by atoms with Gasteiger partial charge in [-0.2, -0.15) is 0 Å². The van der Waals surface area contributed by atoms with E-state index in [4.69, 9.17) is 0 Å². The first kappa shape index (κ1) is 12.3. The van der Waals surface area contributed by atoms with Crippen LogP contribution in [0.2, 0.25) is 0 Å². The van der Waals surface area contributed by atoms with Gasteiger partial charge < -0.3 is 5.32 Å². The van der Waals surface area contributed by atoms with Gasteiger partial charge in [0.25, 0.3) is 0 Å². The van der Waals surface area contributed by atoms with Crippen LogP contribution in [0.1, 0.15) is 36.0 Å². The molecule has 0 aliphatic carbocycles. The second-order valence-electron chi connectivity index (χ2n) is 3.96. The van der Waals surface area contributed by atoms with E-state index < -0.39 is 0 Å². The van der Waals surface area contributed by atoms with Gasteiger partial charge in [0.1, 0.15) is 5.01 Å². The number of hydrogen-bond acceptors (Lipinski definition) is 3. The molecular weight excluding hydrogens is 228 g/mol. The maximum Gasteiger partial charge on any atom is 0.114 e. The first-order valence-electron chi connectivity index (χ1n) is 6.06. The summed E-state index contributed by atoms with van der Waals surface area (Å²) in [5.41, 5.74) is 2.67. The molecule has 2 aromatic rings. The molecule has 0 fully saturated rings. The fraction of sp³-hybridized carbons (Fsp3) is 0.357. The Bertz CT molecular complexity index is 434. The number of aryl methyl sites for hydroxylation is 1. The molecule has 1 atom stereocenters. The predicted octanol–water partition coefficient (Wildman–Crippen LogP) is 3.40. The van der Waals surface area contributed by atoms with Gasteiger partial charge in [0.15, 0.2) is 0 Å². The molecule has 90 valence electrons. The van der Waals surface area contributed by atoms with Crippen molar-refractivity contribution in [3.8, 4) is 0 Å². The van der Waals surface area contributed by atoms with Crippen molar-refractivity contribution >= 4 is 11.3 Å². The highest BCUT2D eigenvalue weighted by molar-refractivity contribution is 7.09. The number of hydrogen-bond donors (Lipinski definition) is 1. The number of benzene rings is 1. The molecule has 0 aliphatic heterocycles. The summed E-state index contributed by atoms with van der Waals surface area (Å²) in [4.78, 5) is 4.41. The zero-order chi connectivity index (χ0) is 12.1. The van der Waals surface area contributed by atoms with Gasteiger partial charge in [0.2, 0.25) is 0 Å². The Kier molecular flexibility index (Phi) is 4.29. The standard InChI is InChI=1S/C14H18N2S/c1-3-11-5-7-12(8-6-11)13(15-4-2)14-16-9-10-17-14/h5-10,13,15H,3-4H2,1-2H3. The lowest BCUT2D eigenvalue weighted by Crippen LogP contribution is -2.21. The third kappa shape index (κ3) is 2.93. The molecule has 2 rings (SSSR count). The summed E-state index contributed by atoms with van der Waals surface area (Å²) in [6, 6.07) is 9.03. The average Bonchev–Trinajstić information content (AvgIpc) is 2.90. The summed E-state index contributed by atoms with van der Waals surface area (Å²) in [7, 11) is 0. The van der Waals surface area contributed by atoms with Crippen LogP contribution in [0.15, 0.2) is 35.8 Å². The van der Waals surface area contributed by atoms with Crippen molar-refractivity contribution in [2.24, 2.45) is 0 Å². The molecule has 1 aromatic heterocycles. The fourth-order valence-electron chi connectivity index (χ4n) is 1.87. The number of nitrogens with one attached hydrogen (secondary N) is 1. The van der Waals surface area contributed by atoms with Crippen LogP contribution in [0.5, 0.6) is 0 Å². The molecule has 0 amide bonds. The minimum atomic E-state index is 0.228. The maximum absolute atomic E-state index is 4.41. The zero-order valence-electron chi connectivity index (χ0n) is 10.3. The Morgan fingerprint density at radius 2 is 2.00 bits per heavy atom. The van der Waals surface area contributed by atoms with Gasteiger partial charge in [0, 0.05) is 11.6 Å². The van der Waals surface area contributed by atoms with Crippen LogP contribution < -0.4 is 5.32 Å². The topological polar surface area (TPSA) is 24.9 Å². The number of nitrogens with zero attached hydrogens (tertiary/aromatic N) is 1. The van der Waals surface area contributed by atoms with Gasteiger partial charge in [-0.25, -0.2) is 4.98 Å². The molecule has 0 radical (unpaired) electrons. The van der Waals surface area contributed by atoms with E-state index >= 15 is 0 Å². The van der Waals surface area contributed by atoms with E-state index in [1.54, 1.807) is 11.3 Å². The molecule has 3 heteroatoms. The fourth-order valence-corrected chi connectivity index (χ4v) is 2.61. The zero-order valence-corrected chi connectivity index (χ0v) is 11.1. The van der Waals surface area contributed by atoms with E-state index in [1.807, 2.05) is 11.6 Å². The Labute approximate surface area is 107 Å². The smallest absolute Gasteiger partial charge is 0.114 e. The molecule has 2 nitrogen and oxygen atoms in total. The molecule has 0 aliphatic rings. The normalized spacial score (nSPS) is 12.6. The molecule has 17 heavy (non-hydrogen) atoms. The molecule has 1 unspecified atom stereocenters. The molecule has 0 spiro atoms. The van der Waals surface area contributed by atoms with Crippen LogP contribution >= 0.6 is 11.3 Å². The SMILES string of the molecule is CCNC(c1ccc(CC)cc1)c1nccs1. The summed E-state index contributed by atoms with van der Waals surface area (Å²) in [6.45, 7) is 5.25. The monoisotopic (exact) mass is 246 g/mol. The van der Waals surface area contributed by atoms with Crippen molar-refractivity contribution in [2.45, 2.75) is 26.3 Å². The summed E-state index contributed by atoms with van der Waals surface area (Å²) in [5.74, 6) is 0.